The van der Waals surface area contributed by atoms with E-state index in [0.29, 0.717) is 11.3 Å². The highest BCUT2D eigenvalue weighted by Gasteiger charge is 2.46. The van der Waals surface area contributed by atoms with E-state index in [4.69, 9.17) is 4.74 Å². The maximum absolute atomic E-state index is 6.52. The summed E-state index contributed by atoms with van der Waals surface area (Å²) in [6, 6.07) is 9.02. The van der Waals surface area contributed by atoms with Crippen molar-refractivity contribution in [1.82, 2.24) is 5.32 Å². The van der Waals surface area contributed by atoms with E-state index < -0.39 is 0 Å². The Kier molecular flexibility index (Phi) is 4.27. The lowest BCUT2D eigenvalue weighted by molar-refractivity contribution is 0.0203. The molecule has 20 heavy (non-hydrogen) atoms. The first-order chi connectivity index (χ1) is 9.75. The zero-order chi connectivity index (χ0) is 14.0. The lowest BCUT2D eigenvalue weighted by atomic mass is 9.81. The Bertz CT molecular complexity index is 464. The second-order valence-corrected chi connectivity index (χ2v) is 7.48. The highest BCUT2D eigenvalue weighted by Crippen LogP contribution is 2.48. The summed E-state index contributed by atoms with van der Waals surface area (Å²) in [5.41, 5.74) is 1.37. The number of thioether (sulfide) groups is 1. The summed E-state index contributed by atoms with van der Waals surface area (Å²) in [4.78, 5) is 0. The summed E-state index contributed by atoms with van der Waals surface area (Å²) in [6.07, 6.45) is 4.76. The molecule has 3 atom stereocenters. The number of rotatable bonds is 3. The van der Waals surface area contributed by atoms with Crippen LogP contribution in [0.1, 0.15) is 51.1 Å². The lowest BCUT2D eigenvalue weighted by Gasteiger charge is -2.48. The predicted octanol–water partition coefficient (Wildman–Crippen LogP) is 4.16. The summed E-state index contributed by atoms with van der Waals surface area (Å²) in [7, 11) is 0. The third-order valence-corrected chi connectivity index (χ3v) is 6.10. The quantitative estimate of drug-likeness (QED) is 0.903. The summed E-state index contributed by atoms with van der Waals surface area (Å²) < 4.78 is 6.52. The van der Waals surface area contributed by atoms with E-state index >= 15 is 0 Å². The van der Waals surface area contributed by atoms with Crippen molar-refractivity contribution in [1.29, 1.82) is 0 Å². The molecule has 1 spiro atoms. The van der Waals surface area contributed by atoms with Crippen LogP contribution in [0, 0.1) is 0 Å². The molecule has 1 aromatic carbocycles. The van der Waals surface area contributed by atoms with Crippen LogP contribution >= 0.6 is 11.8 Å². The van der Waals surface area contributed by atoms with Gasteiger partial charge in [0.15, 0.2) is 0 Å². The monoisotopic (exact) mass is 291 g/mol. The first-order valence-corrected chi connectivity index (χ1v) is 8.93. The predicted molar refractivity (Wildman–Crippen MR) is 86.6 cm³/mol. The molecule has 0 radical (unpaired) electrons. The van der Waals surface area contributed by atoms with Gasteiger partial charge in [0.05, 0.1) is 0 Å². The Labute approximate surface area is 126 Å². The molecule has 0 amide bonds. The number of hydrogen-bond acceptors (Lipinski definition) is 3. The molecule has 3 heteroatoms. The number of benzene rings is 1. The molecule has 0 aromatic heterocycles. The minimum Gasteiger partial charge on any atom is -0.486 e. The van der Waals surface area contributed by atoms with Crippen LogP contribution in [0.15, 0.2) is 24.3 Å². The molecule has 1 aromatic rings. The van der Waals surface area contributed by atoms with E-state index in [1.54, 1.807) is 0 Å². The number of ether oxygens (including phenoxy) is 1. The first-order valence-electron chi connectivity index (χ1n) is 7.88. The van der Waals surface area contributed by atoms with Crippen LogP contribution in [0.3, 0.4) is 0 Å². The van der Waals surface area contributed by atoms with Gasteiger partial charge in [0.1, 0.15) is 11.4 Å². The second-order valence-electron chi connectivity index (χ2n) is 6.03. The summed E-state index contributed by atoms with van der Waals surface area (Å²) >= 11 is 2.07. The van der Waals surface area contributed by atoms with E-state index in [9.17, 15) is 0 Å². The molecular formula is C17H25NOS. The summed E-state index contributed by atoms with van der Waals surface area (Å²) in [6.45, 7) is 5.65. The Balaban J connectivity index is 1.90. The van der Waals surface area contributed by atoms with E-state index in [0.717, 1.165) is 18.7 Å². The van der Waals surface area contributed by atoms with Gasteiger partial charge in [-0.15, -0.1) is 0 Å². The van der Waals surface area contributed by atoms with Crippen LogP contribution in [0.2, 0.25) is 0 Å². The van der Waals surface area contributed by atoms with Crippen LogP contribution in [0.5, 0.6) is 5.75 Å². The van der Waals surface area contributed by atoms with E-state index in [-0.39, 0.29) is 5.60 Å². The number of para-hydroxylation sites is 1. The fourth-order valence-electron chi connectivity index (χ4n) is 3.47. The molecule has 2 aliphatic rings. The van der Waals surface area contributed by atoms with Crippen molar-refractivity contribution < 1.29 is 4.74 Å². The SMILES string of the molecule is CCCNC1CC2(CCCSC2C)Oc2ccccc21. The molecule has 3 rings (SSSR count). The van der Waals surface area contributed by atoms with E-state index in [1.165, 1.54) is 30.6 Å². The summed E-state index contributed by atoms with van der Waals surface area (Å²) in [5, 5.41) is 4.31. The average molecular weight is 291 g/mol. The van der Waals surface area contributed by atoms with Crippen molar-refractivity contribution in [3.8, 4) is 5.75 Å². The van der Waals surface area contributed by atoms with Crippen molar-refractivity contribution in [2.75, 3.05) is 12.3 Å². The summed E-state index contributed by atoms with van der Waals surface area (Å²) in [5.74, 6) is 2.38. The molecule has 1 N–H and O–H groups in total. The fraction of sp³-hybridized carbons (Fsp3) is 0.647. The van der Waals surface area contributed by atoms with Gasteiger partial charge in [0.2, 0.25) is 0 Å². The number of fused-ring (bicyclic) bond motifs is 1. The van der Waals surface area contributed by atoms with Gasteiger partial charge >= 0.3 is 0 Å². The van der Waals surface area contributed by atoms with Crippen molar-refractivity contribution in [2.24, 2.45) is 0 Å². The van der Waals surface area contributed by atoms with E-state index in [2.05, 4.69) is 55.2 Å². The van der Waals surface area contributed by atoms with Gasteiger partial charge in [-0.3, -0.25) is 0 Å². The normalized spacial score (nSPS) is 32.7. The van der Waals surface area contributed by atoms with Crippen molar-refractivity contribution in [3.63, 3.8) is 0 Å². The molecule has 2 heterocycles. The fourth-order valence-corrected chi connectivity index (χ4v) is 4.70. The minimum atomic E-state index is 0.0304. The van der Waals surface area contributed by atoms with Gasteiger partial charge in [-0.2, -0.15) is 11.8 Å². The van der Waals surface area contributed by atoms with Crippen LogP contribution in [-0.2, 0) is 0 Å². The largest absolute Gasteiger partial charge is 0.486 e. The topological polar surface area (TPSA) is 21.3 Å². The zero-order valence-corrected chi connectivity index (χ0v) is 13.3. The molecule has 0 bridgehead atoms. The average Bonchev–Trinajstić information content (AvgIpc) is 2.48. The second kappa shape index (κ2) is 5.98. The van der Waals surface area contributed by atoms with Gasteiger partial charge in [0, 0.05) is 23.3 Å². The van der Waals surface area contributed by atoms with Gasteiger partial charge in [-0.1, -0.05) is 25.1 Å². The maximum atomic E-state index is 6.52. The first kappa shape index (κ1) is 14.3. The van der Waals surface area contributed by atoms with E-state index in [1.807, 2.05) is 0 Å². The molecule has 3 unspecified atom stereocenters. The Morgan fingerprint density at radius 3 is 3.05 bits per heavy atom. The molecule has 0 saturated carbocycles. The molecule has 2 aliphatic heterocycles. The zero-order valence-electron chi connectivity index (χ0n) is 12.5. The van der Waals surface area contributed by atoms with Gasteiger partial charge in [-0.25, -0.2) is 0 Å². The third-order valence-electron chi connectivity index (χ3n) is 4.65. The van der Waals surface area contributed by atoms with Gasteiger partial charge in [0.25, 0.3) is 0 Å². The maximum Gasteiger partial charge on any atom is 0.124 e. The third kappa shape index (κ3) is 2.58. The van der Waals surface area contributed by atoms with Crippen LogP contribution in [0.4, 0.5) is 0 Å². The standard InChI is InChI=1S/C17H25NOS/c1-3-10-18-15-12-17(9-6-11-20-13(17)2)19-16-8-5-4-7-14(15)16/h4-5,7-8,13,15,18H,3,6,9-12H2,1-2H3. The van der Waals surface area contributed by atoms with Crippen molar-refractivity contribution in [2.45, 2.75) is 56.4 Å². The highest BCUT2D eigenvalue weighted by molar-refractivity contribution is 8.00. The van der Waals surface area contributed by atoms with Crippen LogP contribution in [-0.4, -0.2) is 23.1 Å². The molecule has 110 valence electrons. The van der Waals surface area contributed by atoms with Crippen molar-refractivity contribution >= 4 is 11.8 Å². The molecule has 1 fully saturated rings. The lowest BCUT2D eigenvalue weighted by Crippen LogP contribution is -2.52. The molecule has 2 nitrogen and oxygen atoms in total. The Morgan fingerprint density at radius 1 is 1.40 bits per heavy atom. The smallest absolute Gasteiger partial charge is 0.124 e. The Morgan fingerprint density at radius 2 is 2.25 bits per heavy atom. The number of hydrogen-bond donors (Lipinski definition) is 1. The van der Waals surface area contributed by atoms with Gasteiger partial charge < -0.3 is 10.1 Å². The van der Waals surface area contributed by atoms with Crippen molar-refractivity contribution in [3.05, 3.63) is 29.8 Å². The van der Waals surface area contributed by atoms with Gasteiger partial charge in [-0.05, 0) is 44.6 Å². The highest BCUT2D eigenvalue weighted by atomic mass is 32.2. The van der Waals surface area contributed by atoms with Crippen LogP contribution < -0.4 is 10.1 Å². The minimum absolute atomic E-state index is 0.0304. The van der Waals surface area contributed by atoms with Crippen LogP contribution in [0.25, 0.3) is 0 Å². The molecule has 1 saturated heterocycles. The Hall–Kier alpha value is -0.670. The number of nitrogens with one attached hydrogen (secondary N) is 1. The molecular weight excluding hydrogens is 266 g/mol. The molecule has 0 aliphatic carbocycles.